The fourth-order valence-electron chi connectivity index (χ4n) is 3.36. The second kappa shape index (κ2) is 8.21. The summed E-state index contributed by atoms with van der Waals surface area (Å²) < 4.78 is 1.91. The molecule has 0 spiro atoms. The molecule has 1 fully saturated rings. The van der Waals surface area contributed by atoms with Crippen LogP contribution in [0.2, 0.25) is 0 Å². The van der Waals surface area contributed by atoms with Gasteiger partial charge in [-0.15, -0.1) is 5.10 Å². The monoisotopic (exact) mass is 348 g/mol. The summed E-state index contributed by atoms with van der Waals surface area (Å²) in [5, 5.41) is 12.3. The molecule has 0 unspecified atom stereocenters. The lowest BCUT2D eigenvalue weighted by atomic mass is 10.2. The number of nitrogens with zero attached hydrogens (tertiary/aromatic N) is 6. The summed E-state index contributed by atoms with van der Waals surface area (Å²) in [6, 6.07) is 21.0. The molecule has 1 aliphatic heterocycles. The number of aromatic nitrogens is 4. The predicted octanol–water partition coefficient (Wildman–Crippen LogP) is 2.04. The van der Waals surface area contributed by atoms with E-state index in [9.17, 15) is 0 Å². The van der Waals surface area contributed by atoms with E-state index in [0.29, 0.717) is 0 Å². The molecular formula is C20H24N6. The maximum atomic E-state index is 4.24. The molecule has 0 bridgehead atoms. The molecule has 0 N–H and O–H groups in total. The smallest absolute Gasteiger partial charge is 0.165 e. The van der Waals surface area contributed by atoms with Crippen molar-refractivity contribution in [2.75, 3.05) is 26.2 Å². The zero-order valence-corrected chi connectivity index (χ0v) is 14.9. The van der Waals surface area contributed by atoms with Crippen LogP contribution in [0.25, 0.3) is 0 Å². The van der Waals surface area contributed by atoms with Gasteiger partial charge in [0.05, 0.1) is 13.1 Å². The van der Waals surface area contributed by atoms with Gasteiger partial charge in [-0.2, -0.15) is 0 Å². The summed E-state index contributed by atoms with van der Waals surface area (Å²) in [4.78, 5) is 4.95. The average Bonchev–Trinajstić information content (AvgIpc) is 3.12. The lowest BCUT2D eigenvalue weighted by molar-refractivity contribution is 0.118. The number of hydrogen-bond acceptors (Lipinski definition) is 5. The van der Waals surface area contributed by atoms with Crippen molar-refractivity contribution in [2.24, 2.45) is 0 Å². The highest BCUT2D eigenvalue weighted by Crippen LogP contribution is 2.11. The van der Waals surface area contributed by atoms with Gasteiger partial charge in [-0.1, -0.05) is 60.7 Å². The van der Waals surface area contributed by atoms with Crippen LogP contribution in [0.3, 0.4) is 0 Å². The van der Waals surface area contributed by atoms with Crippen molar-refractivity contribution in [3.05, 3.63) is 77.6 Å². The van der Waals surface area contributed by atoms with Gasteiger partial charge in [0.2, 0.25) is 0 Å². The minimum Gasteiger partial charge on any atom is -0.297 e. The number of rotatable bonds is 6. The van der Waals surface area contributed by atoms with Crippen molar-refractivity contribution in [1.82, 2.24) is 30.0 Å². The molecular weight excluding hydrogens is 324 g/mol. The van der Waals surface area contributed by atoms with E-state index < -0.39 is 0 Å². The van der Waals surface area contributed by atoms with E-state index >= 15 is 0 Å². The SMILES string of the molecule is c1ccc(CN2CCN(Cc3nnnn3Cc3ccccc3)CC2)cc1. The van der Waals surface area contributed by atoms with E-state index in [1.807, 2.05) is 22.9 Å². The highest BCUT2D eigenvalue weighted by molar-refractivity contribution is 5.15. The third-order valence-electron chi connectivity index (χ3n) is 4.86. The van der Waals surface area contributed by atoms with Gasteiger partial charge in [-0.25, -0.2) is 4.68 Å². The van der Waals surface area contributed by atoms with Crippen LogP contribution in [0.5, 0.6) is 0 Å². The Bertz CT molecular complexity index is 793. The van der Waals surface area contributed by atoms with Gasteiger partial charge in [0.25, 0.3) is 0 Å². The van der Waals surface area contributed by atoms with Gasteiger partial charge in [-0.05, 0) is 21.6 Å². The number of hydrogen-bond donors (Lipinski definition) is 0. The average molecular weight is 348 g/mol. The van der Waals surface area contributed by atoms with Crippen LogP contribution in [0, 0.1) is 0 Å². The van der Waals surface area contributed by atoms with Crippen LogP contribution < -0.4 is 0 Å². The zero-order chi connectivity index (χ0) is 17.6. The van der Waals surface area contributed by atoms with Crippen molar-refractivity contribution >= 4 is 0 Å². The third kappa shape index (κ3) is 4.33. The third-order valence-corrected chi connectivity index (χ3v) is 4.86. The number of tetrazole rings is 1. The largest absolute Gasteiger partial charge is 0.297 e. The maximum absolute atomic E-state index is 4.24. The molecule has 0 atom stereocenters. The van der Waals surface area contributed by atoms with Gasteiger partial charge >= 0.3 is 0 Å². The van der Waals surface area contributed by atoms with E-state index in [2.05, 4.69) is 67.8 Å². The highest BCUT2D eigenvalue weighted by atomic mass is 15.5. The summed E-state index contributed by atoms with van der Waals surface area (Å²) in [5.74, 6) is 0.936. The molecule has 0 aliphatic carbocycles. The summed E-state index contributed by atoms with van der Waals surface area (Å²) in [5.41, 5.74) is 2.60. The van der Waals surface area contributed by atoms with Gasteiger partial charge in [-0.3, -0.25) is 9.80 Å². The Hall–Kier alpha value is -2.57. The van der Waals surface area contributed by atoms with Crippen LogP contribution in [0.4, 0.5) is 0 Å². The molecule has 6 heteroatoms. The van der Waals surface area contributed by atoms with Gasteiger partial charge in [0.15, 0.2) is 5.82 Å². The summed E-state index contributed by atoms with van der Waals surface area (Å²) in [6.45, 7) is 6.80. The van der Waals surface area contributed by atoms with Crippen LogP contribution in [0.15, 0.2) is 60.7 Å². The summed E-state index contributed by atoms with van der Waals surface area (Å²) >= 11 is 0. The van der Waals surface area contributed by atoms with Crippen molar-refractivity contribution < 1.29 is 0 Å². The molecule has 3 aromatic rings. The Labute approximate surface area is 154 Å². The fourth-order valence-corrected chi connectivity index (χ4v) is 3.36. The maximum Gasteiger partial charge on any atom is 0.165 e. The Morgan fingerprint density at radius 2 is 1.19 bits per heavy atom. The molecule has 134 valence electrons. The molecule has 4 rings (SSSR count). The molecule has 1 aliphatic rings. The quantitative estimate of drug-likeness (QED) is 0.682. The molecule has 26 heavy (non-hydrogen) atoms. The zero-order valence-electron chi connectivity index (χ0n) is 14.9. The Balaban J connectivity index is 1.30. The first-order valence-electron chi connectivity index (χ1n) is 9.14. The second-order valence-corrected chi connectivity index (χ2v) is 6.78. The van der Waals surface area contributed by atoms with Crippen LogP contribution in [0.1, 0.15) is 17.0 Å². The normalized spacial score (nSPS) is 16.0. The first kappa shape index (κ1) is 16.9. The summed E-state index contributed by atoms with van der Waals surface area (Å²) in [6.07, 6.45) is 0. The Morgan fingerprint density at radius 1 is 0.654 bits per heavy atom. The standard InChI is InChI=1S/C20H24N6/c1-3-7-18(8-4-1)15-24-11-13-25(14-12-24)17-20-21-22-23-26(20)16-19-9-5-2-6-10-19/h1-10H,11-17H2. The van der Waals surface area contributed by atoms with Crippen molar-refractivity contribution in [1.29, 1.82) is 0 Å². The van der Waals surface area contributed by atoms with E-state index in [4.69, 9.17) is 0 Å². The minimum absolute atomic E-state index is 0.719. The van der Waals surface area contributed by atoms with Crippen molar-refractivity contribution in [3.8, 4) is 0 Å². The number of benzene rings is 2. The van der Waals surface area contributed by atoms with E-state index in [1.54, 1.807) is 0 Å². The summed E-state index contributed by atoms with van der Waals surface area (Å²) in [7, 11) is 0. The van der Waals surface area contributed by atoms with Gasteiger partial charge < -0.3 is 0 Å². The minimum atomic E-state index is 0.719. The molecule has 2 heterocycles. The van der Waals surface area contributed by atoms with Crippen molar-refractivity contribution in [3.63, 3.8) is 0 Å². The molecule has 1 saturated heterocycles. The first-order valence-corrected chi connectivity index (χ1v) is 9.14. The lowest BCUT2D eigenvalue weighted by Crippen LogP contribution is -2.45. The predicted molar refractivity (Wildman–Crippen MR) is 100 cm³/mol. The van der Waals surface area contributed by atoms with E-state index in [-0.39, 0.29) is 0 Å². The second-order valence-electron chi connectivity index (χ2n) is 6.78. The molecule has 0 saturated carbocycles. The molecule has 6 nitrogen and oxygen atoms in total. The highest BCUT2D eigenvalue weighted by Gasteiger charge is 2.19. The Morgan fingerprint density at radius 3 is 1.81 bits per heavy atom. The van der Waals surface area contributed by atoms with Crippen molar-refractivity contribution in [2.45, 2.75) is 19.6 Å². The molecule has 0 amide bonds. The molecule has 1 aromatic heterocycles. The van der Waals surface area contributed by atoms with Crippen LogP contribution in [-0.2, 0) is 19.6 Å². The molecule has 2 aromatic carbocycles. The van der Waals surface area contributed by atoms with Crippen LogP contribution in [-0.4, -0.2) is 56.2 Å². The lowest BCUT2D eigenvalue weighted by Gasteiger charge is -2.34. The number of piperazine rings is 1. The van der Waals surface area contributed by atoms with E-state index in [1.165, 1.54) is 11.1 Å². The first-order chi connectivity index (χ1) is 12.9. The topological polar surface area (TPSA) is 50.1 Å². The molecule has 0 radical (unpaired) electrons. The van der Waals surface area contributed by atoms with E-state index in [0.717, 1.165) is 51.6 Å². The fraction of sp³-hybridized carbons (Fsp3) is 0.350. The van der Waals surface area contributed by atoms with Gasteiger partial charge in [0, 0.05) is 32.7 Å². The van der Waals surface area contributed by atoms with Gasteiger partial charge in [0.1, 0.15) is 0 Å². The van der Waals surface area contributed by atoms with Crippen LogP contribution >= 0.6 is 0 Å². The Kier molecular flexibility index (Phi) is 5.33.